The number of carboxylic acid groups (broad SMARTS) is 1. The van der Waals surface area contributed by atoms with Crippen molar-refractivity contribution in [1.82, 2.24) is 0 Å². The molecule has 0 aliphatic carbocycles. The van der Waals surface area contributed by atoms with Crippen LogP contribution in [0.2, 0.25) is 0 Å². The number of hydrogen-bond donors (Lipinski definition) is 2. The minimum Gasteiger partial charge on any atom is -0.478 e. The molecule has 1 aromatic carbocycles. The van der Waals surface area contributed by atoms with Gasteiger partial charge in [-0.2, -0.15) is 0 Å². The van der Waals surface area contributed by atoms with Crippen LogP contribution < -0.4 is 0 Å². The molecule has 0 aliphatic heterocycles. The molecule has 2 N–H and O–H groups in total. The van der Waals surface area contributed by atoms with Crippen molar-refractivity contribution in [3.8, 4) is 0 Å². The third-order valence-electron chi connectivity index (χ3n) is 2.35. The van der Waals surface area contributed by atoms with Crippen molar-refractivity contribution >= 4 is 5.97 Å². The summed E-state index contributed by atoms with van der Waals surface area (Å²) in [7, 11) is 0. The van der Waals surface area contributed by atoms with Crippen LogP contribution in [0.3, 0.4) is 0 Å². The summed E-state index contributed by atoms with van der Waals surface area (Å²) in [6, 6.07) is 9.64. The van der Waals surface area contributed by atoms with E-state index in [1.165, 1.54) is 6.92 Å². The topological polar surface area (TPSA) is 57.5 Å². The molecule has 0 fully saturated rings. The van der Waals surface area contributed by atoms with Crippen molar-refractivity contribution in [2.45, 2.75) is 25.9 Å². The Morgan fingerprint density at radius 1 is 1.38 bits per heavy atom. The maximum absolute atomic E-state index is 10.5. The summed E-state index contributed by atoms with van der Waals surface area (Å²) in [5, 5.41) is 18.3. The summed E-state index contributed by atoms with van der Waals surface area (Å²) in [4.78, 5) is 10.5. The summed E-state index contributed by atoms with van der Waals surface area (Å²) < 4.78 is 0. The fraction of sp³-hybridized carbons (Fsp3) is 0.308. The van der Waals surface area contributed by atoms with Gasteiger partial charge in [-0.3, -0.25) is 0 Å². The average molecular weight is 220 g/mol. The molecule has 16 heavy (non-hydrogen) atoms. The lowest BCUT2D eigenvalue weighted by Gasteiger charge is -2.08. The Morgan fingerprint density at radius 2 is 2.00 bits per heavy atom. The fourth-order valence-electron chi connectivity index (χ4n) is 1.37. The smallest absolute Gasteiger partial charge is 0.330 e. The highest BCUT2D eigenvalue weighted by Gasteiger charge is 2.05. The number of aliphatic hydroxyl groups is 1. The Labute approximate surface area is 95.0 Å². The maximum atomic E-state index is 10.5. The van der Waals surface area contributed by atoms with Crippen molar-refractivity contribution < 1.29 is 15.0 Å². The van der Waals surface area contributed by atoms with Crippen molar-refractivity contribution in [3.05, 3.63) is 47.5 Å². The van der Waals surface area contributed by atoms with Crippen LogP contribution in [-0.2, 0) is 11.2 Å². The van der Waals surface area contributed by atoms with Crippen LogP contribution >= 0.6 is 0 Å². The average Bonchev–Trinajstić information content (AvgIpc) is 2.27. The lowest BCUT2D eigenvalue weighted by Crippen LogP contribution is -2.09. The van der Waals surface area contributed by atoms with E-state index in [4.69, 9.17) is 5.11 Å². The molecule has 1 atom stereocenters. The molecule has 1 rings (SSSR count). The zero-order valence-electron chi connectivity index (χ0n) is 9.26. The SMILES string of the molecule is CC(=CCC(O)Cc1ccccc1)C(=O)O. The van der Waals surface area contributed by atoms with Crippen molar-refractivity contribution in [2.75, 3.05) is 0 Å². The first-order valence-corrected chi connectivity index (χ1v) is 5.21. The predicted molar refractivity (Wildman–Crippen MR) is 62.2 cm³/mol. The lowest BCUT2D eigenvalue weighted by atomic mass is 10.0. The highest BCUT2D eigenvalue weighted by Crippen LogP contribution is 2.07. The molecule has 1 aromatic rings. The molecule has 0 amide bonds. The molecule has 0 spiro atoms. The molecule has 0 aliphatic rings. The van der Waals surface area contributed by atoms with Gasteiger partial charge in [-0.05, 0) is 25.3 Å². The van der Waals surface area contributed by atoms with Crippen LogP contribution in [-0.4, -0.2) is 22.3 Å². The zero-order valence-corrected chi connectivity index (χ0v) is 9.26. The van der Waals surface area contributed by atoms with E-state index in [1.807, 2.05) is 30.3 Å². The normalized spacial score (nSPS) is 13.5. The van der Waals surface area contributed by atoms with Crippen molar-refractivity contribution in [1.29, 1.82) is 0 Å². The van der Waals surface area contributed by atoms with Crippen molar-refractivity contribution in [3.63, 3.8) is 0 Å². The molecule has 0 radical (unpaired) electrons. The molecule has 0 bridgehead atoms. The number of carboxylic acids is 1. The summed E-state index contributed by atoms with van der Waals surface area (Å²) >= 11 is 0. The van der Waals surface area contributed by atoms with Gasteiger partial charge >= 0.3 is 5.97 Å². The Bertz CT molecular complexity index is 368. The molecular weight excluding hydrogens is 204 g/mol. The van der Waals surface area contributed by atoms with E-state index in [2.05, 4.69) is 0 Å². The largest absolute Gasteiger partial charge is 0.478 e. The molecular formula is C13H16O3. The molecule has 3 nitrogen and oxygen atoms in total. The van der Waals surface area contributed by atoms with E-state index in [9.17, 15) is 9.90 Å². The van der Waals surface area contributed by atoms with Gasteiger partial charge in [0.25, 0.3) is 0 Å². The molecule has 86 valence electrons. The molecule has 0 saturated carbocycles. The van der Waals surface area contributed by atoms with Gasteiger partial charge in [-0.1, -0.05) is 36.4 Å². The number of hydrogen-bond acceptors (Lipinski definition) is 2. The van der Waals surface area contributed by atoms with Crippen LogP contribution in [0.1, 0.15) is 18.9 Å². The lowest BCUT2D eigenvalue weighted by molar-refractivity contribution is -0.132. The van der Waals surface area contributed by atoms with E-state index >= 15 is 0 Å². The van der Waals surface area contributed by atoms with Gasteiger partial charge in [0.05, 0.1) is 6.10 Å². The van der Waals surface area contributed by atoms with Crippen LogP contribution in [0.25, 0.3) is 0 Å². The maximum Gasteiger partial charge on any atom is 0.330 e. The number of carbonyl (C=O) groups is 1. The monoisotopic (exact) mass is 220 g/mol. The quantitative estimate of drug-likeness (QED) is 0.746. The van der Waals surface area contributed by atoms with E-state index in [0.29, 0.717) is 12.8 Å². The van der Waals surface area contributed by atoms with Gasteiger partial charge in [0.2, 0.25) is 0 Å². The summed E-state index contributed by atoms with van der Waals surface area (Å²) in [5.41, 5.74) is 1.32. The number of benzene rings is 1. The first-order chi connectivity index (χ1) is 7.59. The Morgan fingerprint density at radius 3 is 2.56 bits per heavy atom. The van der Waals surface area contributed by atoms with E-state index in [1.54, 1.807) is 6.08 Å². The first kappa shape index (κ1) is 12.5. The summed E-state index contributed by atoms with van der Waals surface area (Å²) in [6.07, 6.45) is 1.93. The standard InChI is InChI=1S/C13H16O3/c1-10(13(15)16)7-8-12(14)9-11-5-3-2-4-6-11/h2-7,12,14H,8-9H2,1H3,(H,15,16). The van der Waals surface area contributed by atoms with E-state index < -0.39 is 12.1 Å². The van der Waals surface area contributed by atoms with Gasteiger partial charge in [0.1, 0.15) is 0 Å². The van der Waals surface area contributed by atoms with Crippen LogP contribution in [0.15, 0.2) is 42.0 Å². The van der Waals surface area contributed by atoms with Gasteiger partial charge in [0, 0.05) is 5.57 Å². The molecule has 3 heteroatoms. The second-order valence-electron chi connectivity index (χ2n) is 3.77. The van der Waals surface area contributed by atoms with Gasteiger partial charge in [0.15, 0.2) is 0 Å². The number of aliphatic hydroxyl groups excluding tert-OH is 1. The summed E-state index contributed by atoms with van der Waals surface area (Å²) in [6.45, 7) is 1.53. The first-order valence-electron chi connectivity index (χ1n) is 5.21. The van der Waals surface area contributed by atoms with Crippen LogP contribution in [0, 0.1) is 0 Å². The van der Waals surface area contributed by atoms with E-state index in [-0.39, 0.29) is 5.57 Å². The molecule has 0 saturated heterocycles. The Hall–Kier alpha value is -1.61. The second kappa shape index (κ2) is 6.08. The van der Waals surface area contributed by atoms with E-state index in [0.717, 1.165) is 5.56 Å². The molecule has 0 aromatic heterocycles. The fourth-order valence-corrected chi connectivity index (χ4v) is 1.37. The zero-order chi connectivity index (χ0) is 12.0. The predicted octanol–water partition coefficient (Wildman–Crippen LogP) is 2.01. The van der Waals surface area contributed by atoms with Crippen LogP contribution in [0.4, 0.5) is 0 Å². The van der Waals surface area contributed by atoms with Crippen LogP contribution in [0.5, 0.6) is 0 Å². The number of rotatable bonds is 5. The Balaban J connectivity index is 2.46. The highest BCUT2D eigenvalue weighted by atomic mass is 16.4. The molecule has 0 heterocycles. The van der Waals surface area contributed by atoms with Gasteiger partial charge in [-0.15, -0.1) is 0 Å². The van der Waals surface area contributed by atoms with Gasteiger partial charge < -0.3 is 10.2 Å². The number of aliphatic carboxylic acids is 1. The Kier molecular flexibility index (Phi) is 4.73. The minimum atomic E-state index is -0.938. The highest BCUT2D eigenvalue weighted by molar-refractivity contribution is 5.85. The minimum absolute atomic E-state index is 0.270. The third-order valence-corrected chi connectivity index (χ3v) is 2.35. The summed E-state index contributed by atoms with van der Waals surface area (Å²) in [5.74, 6) is -0.938. The third kappa shape index (κ3) is 4.28. The molecule has 1 unspecified atom stereocenters. The van der Waals surface area contributed by atoms with Crippen molar-refractivity contribution in [2.24, 2.45) is 0 Å². The van der Waals surface area contributed by atoms with Gasteiger partial charge in [-0.25, -0.2) is 4.79 Å². The second-order valence-corrected chi connectivity index (χ2v) is 3.77.